The van der Waals surface area contributed by atoms with Crippen LogP contribution < -0.4 is 0 Å². The van der Waals surface area contributed by atoms with E-state index in [4.69, 9.17) is 9.47 Å². The van der Waals surface area contributed by atoms with Crippen LogP contribution in [-0.4, -0.2) is 57.7 Å². The standard InChI is InChI=1S/C12H27NO2S/c1-12(2,11-16)10-13(7-9-15-4)6-5-8-14-3/h16H,5-11H2,1-4H3. The molecule has 0 amide bonds. The lowest BCUT2D eigenvalue weighted by Crippen LogP contribution is -2.38. The number of thiol groups is 1. The first kappa shape index (κ1) is 16.2. The van der Waals surface area contributed by atoms with E-state index in [0.29, 0.717) is 0 Å². The van der Waals surface area contributed by atoms with E-state index in [1.807, 2.05) is 0 Å². The summed E-state index contributed by atoms with van der Waals surface area (Å²) in [5, 5.41) is 0. The maximum Gasteiger partial charge on any atom is 0.0589 e. The van der Waals surface area contributed by atoms with Crippen molar-refractivity contribution >= 4 is 12.6 Å². The molecule has 0 aliphatic rings. The van der Waals surface area contributed by atoms with E-state index in [2.05, 4.69) is 31.4 Å². The monoisotopic (exact) mass is 249 g/mol. The van der Waals surface area contributed by atoms with Gasteiger partial charge in [0.25, 0.3) is 0 Å². The Hall–Kier alpha value is 0.230. The lowest BCUT2D eigenvalue weighted by molar-refractivity contribution is 0.112. The molecule has 4 heteroatoms. The molecule has 0 saturated heterocycles. The molecular formula is C12H27NO2S. The van der Waals surface area contributed by atoms with Crippen molar-refractivity contribution in [3.05, 3.63) is 0 Å². The van der Waals surface area contributed by atoms with Gasteiger partial charge in [-0.3, -0.25) is 0 Å². The van der Waals surface area contributed by atoms with Gasteiger partial charge in [0.15, 0.2) is 0 Å². The Labute approximate surface area is 106 Å². The van der Waals surface area contributed by atoms with Crippen LogP contribution in [0, 0.1) is 5.41 Å². The molecule has 0 unspecified atom stereocenters. The highest BCUT2D eigenvalue weighted by Crippen LogP contribution is 2.18. The third-order valence-corrected chi connectivity index (χ3v) is 3.37. The van der Waals surface area contributed by atoms with Gasteiger partial charge in [0.1, 0.15) is 0 Å². The molecule has 0 aromatic rings. The van der Waals surface area contributed by atoms with E-state index < -0.39 is 0 Å². The molecular weight excluding hydrogens is 222 g/mol. The summed E-state index contributed by atoms with van der Waals surface area (Å²) in [5.41, 5.74) is 0.254. The molecule has 0 aliphatic heterocycles. The van der Waals surface area contributed by atoms with E-state index in [1.165, 1.54) is 0 Å². The van der Waals surface area contributed by atoms with Gasteiger partial charge in [0.2, 0.25) is 0 Å². The van der Waals surface area contributed by atoms with Crippen molar-refractivity contribution in [1.29, 1.82) is 0 Å². The smallest absolute Gasteiger partial charge is 0.0589 e. The van der Waals surface area contributed by atoms with Crippen LogP contribution >= 0.6 is 12.6 Å². The summed E-state index contributed by atoms with van der Waals surface area (Å²) in [4.78, 5) is 2.43. The number of methoxy groups -OCH3 is 2. The summed E-state index contributed by atoms with van der Waals surface area (Å²) in [5.74, 6) is 0.904. The average molecular weight is 249 g/mol. The number of hydrogen-bond donors (Lipinski definition) is 1. The second-order valence-corrected chi connectivity index (χ2v) is 5.25. The largest absolute Gasteiger partial charge is 0.385 e. The quantitative estimate of drug-likeness (QED) is 0.472. The average Bonchev–Trinajstić information content (AvgIpc) is 2.25. The first-order valence-corrected chi connectivity index (χ1v) is 6.50. The topological polar surface area (TPSA) is 21.7 Å². The molecule has 0 saturated carbocycles. The van der Waals surface area contributed by atoms with Gasteiger partial charge in [-0.1, -0.05) is 13.8 Å². The fraction of sp³-hybridized carbons (Fsp3) is 1.00. The van der Waals surface area contributed by atoms with Crippen LogP contribution in [0.2, 0.25) is 0 Å². The molecule has 0 spiro atoms. The number of hydrogen-bond acceptors (Lipinski definition) is 4. The third kappa shape index (κ3) is 8.39. The van der Waals surface area contributed by atoms with Crippen molar-refractivity contribution in [2.24, 2.45) is 5.41 Å². The Morgan fingerprint density at radius 3 is 2.19 bits per heavy atom. The zero-order valence-electron chi connectivity index (χ0n) is 11.2. The van der Waals surface area contributed by atoms with Crippen LogP contribution in [-0.2, 0) is 9.47 Å². The van der Waals surface area contributed by atoms with Crippen molar-refractivity contribution in [3.63, 3.8) is 0 Å². The fourth-order valence-electron chi connectivity index (χ4n) is 1.58. The summed E-state index contributed by atoms with van der Waals surface area (Å²) in [6.07, 6.45) is 1.07. The van der Waals surface area contributed by atoms with Gasteiger partial charge in [0.05, 0.1) is 6.61 Å². The molecule has 98 valence electrons. The van der Waals surface area contributed by atoms with Gasteiger partial charge in [-0.2, -0.15) is 12.6 Å². The lowest BCUT2D eigenvalue weighted by Gasteiger charge is -2.31. The second-order valence-electron chi connectivity index (χ2n) is 4.94. The first-order valence-electron chi connectivity index (χ1n) is 5.87. The van der Waals surface area contributed by atoms with E-state index in [9.17, 15) is 0 Å². The minimum atomic E-state index is 0.254. The summed E-state index contributed by atoms with van der Waals surface area (Å²) in [6.45, 7) is 9.21. The highest BCUT2D eigenvalue weighted by Gasteiger charge is 2.19. The molecule has 0 N–H and O–H groups in total. The molecule has 0 atom stereocenters. The molecule has 0 radical (unpaired) electrons. The van der Waals surface area contributed by atoms with Crippen molar-refractivity contribution < 1.29 is 9.47 Å². The molecule has 0 rings (SSSR count). The van der Waals surface area contributed by atoms with Gasteiger partial charge in [0, 0.05) is 40.5 Å². The van der Waals surface area contributed by atoms with Gasteiger partial charge in [-0.25, -0.2) is 0 Å². The summed E-state index contributed by atoms with van der Waals surface area (Å²) in [6, 6.07) is 0. The second kappa shape index (κ2) is 9.28. The summed E-state index contributed by atoms with van der Waals surface area (Å²) < 4.78 is 10.2. The van der Waals surface area contributed by atoms with Gasteiger partial charge < -0.3 is 14.4 Å². The minimum Gasteiger partial charge on any atom is -0.385 e. The van der Waals surface area contributed by atoms with Crippen LogP contribution in [0.4, 0.5) is 0 Å². The third-order valence-electron chi connectivity index (χ3n) is 2.51. The SMILES string of the molecule is COCCCN(CCOC)CC(C)(C)CS. The van der Waals surface area contributed by atoms with Crippen LogP contribution in [0.15, 0.2) is 0 Å². The van der Waals surface area contributed by atoms with Crippen LogP contribution in [0.5, 0.6) is 0 Å². The molecule has 0 aliphatic carbocycles. The van der Waals surface area contributed by atoms with Crippen LogP contribution in [0.1, 0.15) is 20.3 Å². The lowest BCUT2D eigenvalue weighted by atomic mass is 9.95. The molecule has 3 nitrogen and oxygen atoms in total. The Morgan fingerprint density at radius 1 is 1.06 bits per heavy atom. The first-order chi connectivity index (χ1) is 7.55. The number of rotatable bonds is 10. The normalized spacial score (nSPS) is 12.4. The molecule has 0 fully saturated rings. The maximum absolute atomic E-state index is 5.13. The Kier molecular flexibility index (Phi) is 9.41. The minimum absolute atomic E-state index is 0.254. The van der Waals surface area contributed by atoms with Crippen molar-refractivity contribution in [2.75, 3.05) is 52.8 Å². The number of nitrogens with zero attached hydrogens (tertiary/aromatic N) is 1. The highest BCUT2D eigenvalue weighted by atomic mass is 32.1. The van der Waals surface area contributed by atoms with E-state index in [0.717, 1.165) is 45.0 Å². The van der Waals surface area contributed by atoms with Crippen LogP contribution in [0.3, 0.4) is 0 Å². The highest BCUT2D eigenvalue weighted by molar-refractivity contribution is 7.80. The Balaban J connectivity index is 3.98. The van der Waals surface area contributed by atoms with Gasteiger partial charge in [-0.15, -0.1) is 0 Å². The molecule has 16 heavy (non-hydrogen) atoms. The van der Waals surface area contributed by atoms with Gasteiger partial charge >= 0.3 is 0 Å². The molecule has 0 aromatic carbocycles. The van der Waals surface area contributed by atoms with Crippen LogP contribution in [0.25, 0.3) is 0 Å². The predicted octanol–water partition coefficient (Wildman–Crippen LogP) is 1.93. The summed E-state index contributed by atoms with van der Waals surface area (Å²) in [7, 11) is 3.49. The number of ether oxygens (including phenoxy) is 2. The molecule has 0 aromatic heterocycles. The zero-order chi connectivity index (χ0) is 12.4. The predicted molar refractivity (Wildman–Crippen MR) is 72.4 cm³/mol. The van der Waals surface area contributed by atoms with Gasteiger partial charge in [-0.05, 0) is 17.6 Å². The zero-order valence-corrected chi connectivity index (χ0v) is 12.1. The Bertz CT molecular complexity index is 165. The van der Waals surface area contributed by atoms with Crippen molar-refractivity contribution in [2.45, 2.75) is 20.3 Å². The molecule has 0 bridgehead atoms. The van der Waals surface area contributed by atoms with E-state index >= 15 is 0 Å². The summed E-state index contributed by atoms with van der Waals surface area (Å²) >= 11 is 4.39. The van der Waals surface area contributed by atoms with E-state index in [1.54, 1.807) is 14.2 Å². The molecule has 0 heterocycles. The van der Waals surface area contributed by atoms with E-state index in [-0.39, 0.29) is 5.41 Å². The van der Waals surface area contributed by atoms with Crippen molar-refractivity contribution in [1.82, 2.24) is 4.90 Å². The Morgan fingerprint density at radius 2 is 1.69 bits per heavy atom. The maximum atomic E-state index is 5.13. The van der Waals surface area contributed by atoms with Crippen molar-refractivity contribution in [3.8, 4) is 0 Å². The fourth-order valence-corrected chi connectivity index (χ4v) is 1.68.